The van der Waals surface area contributed by atoms with Crippen molar-refractivity contribution in [2.75, 3.05) is 13.7 Å². The fourth-order valence-corrected chi connectivity index (χ4v) is 0.182. The van der Waals surface area contributed by atoms with Crippen LogP contribution in [0.3, 0.4) is 0 Å². The van der Waals surface area contributed by atoms with E-state index in [0.29, 0.717) is 0 Å². The van der Waals surface area contributed by atoms with Crippen molar-refractivity contribution in [1.29, 1.82) is 0 Å². The molecule has 1 amide bonds. The Balaban J connectivity index is 0. The maximum atomic E-state index is 10.1. The molecule has 0 rings (SSSR count). The van der Waals surface area contributed by atoms with Crippen molar-refractivity contribution in [2.24, 2.45) is 0 Å². The molecule has 4 nitrogen and oxygen atoms in total. The largest absolute Gasteiger partial charge is 1.00 e. The zero-order valence-corrected chi connectivity index (χ0v) is 5.36. The van der Waals surface area contributed by atoms with Crippen molar-refractivity contribution in [3.05, 3.63) is 0 Å². The third-order valence-corrected chi connectivity index (χ3v) is 0.473. The number of hydrogen-bond acceptors (Lipinski definition) is 2. The molecule has 0 aliphatic rings. The van der Waals surface area contributed by atoms with Crippen LogP contribution in [-0.2, 0) is 9.53 Å². The van der Waals surface area contributed by atoms with E-state index in [0.717, 1.165) is 0 Å². The van der Waals surface area contributed by atoms with E-state index in [9.17, 15) is 4.79 Å². The molecule has 0 heterocycles. The monoisotopic (exact) mass is 140 g/mol. The maximum Gasteiger partial charge on any atom is 0.290 e. The fraction of sp³-hybridized carbons (Fsp3) is 0.667. The van der Waals surface area contributed by atoms with Gasteiger partial charge in [0, 0.05) is 7.11 Å². The molecule has 0 aliphatic heterocycles. The van der Waals surface area contributed by atoms with E-state index in [4.69, 9.17) is 0 Å². The van der Waals surface area contributed by atoms with Crippen LogP contribution in [0.1, 0.15) is 0 Å². The van der Waals surface area contributed by atoms with Gasteiger partial charge in [-0.25, -0.2) is 5.43 Å². The Morgan fingerprint density at radius 2 is 2.38 bits per heavy atom. The molecule has 0 aromatic rings. The summed E-state index contributed by atoms with van der Waals surface area (Å²) in [6.45, 7) is 0.0868. The SMILES string of the molecule is COCC(=O)N[NH3+].[Cl-]. The highest BCUT2D eigenvalue weighted by Gasteiger charge is 1.93. The van der Waals surface area contributed by atoms with Gasteiger partial charge < -0.3 is 17.1 Å². The van der Waals surface area contributed by atoms with Crippen LogP contribution >= 0.6 is 0 Å². The highest BCUT2D eigenvalue weighted by Crippen LogP contribution is 1.60. The molecule has 4 N–H and O–H groups in total. The van der Waals surface area contributed by atoms with Crippen LogP contribution < -0.4 is 23.7 Å². The van der Waals surface area contributed by atoms with Crippen LogP contribution in [0.15, 0.2) is 0 Å². The van der Waals surface area contributed by atoms with Crippen LogP contribution in [-0.4, -0.2) is 19.6 Å². The predicted octanol–water partition coefficient (Wildman–Crippen LogP) is -5.09. The van der Waals surface area contributed by atoms with E-state index in [1.54, 1.807) is 0 Å². The second-order valence-electron chi connectivity index (χ2n) is 1.03. The van der Waals surface area contributed by atoms with Crippen molar-refractivity contribution >= 4 is 5.91 Å². The molecule has 0 spiro atoms. The lowest BCUT2D eigenvalue weighted by atomic mass is 10.7. The Kier molecular flexibility index (Phi) is 8.87. The van der Waals surface area contributed by atoms with Gasteiger partial charge in [0.2, 0.25) is 0 Å². The van der Waals surface area contributed by atoms with Gasteiger partial charge in [-0.3, -0.25) is 10.6 Å². The third kappa shape index (κ3) is 5.68. The minimum atomic E-state index is -0.206. The van der Waals surface area contributed by atoms with Crippen molar-refractivity contribution < 1.29 is 27.8 Å². The lowest BCUT2D eigenvalue weighted by molar-refractivity contribution is -0.427. The number of carbonyl (C=O) groups is 1. The fourth-order valence-electron chi connectivity index (χ4n) is 0.182. The Labute approximate surface area is 53.8 Å². The van der Waals surface area contributed by atoms with Gasteiger partial charge in [0.05, 0.1) is 0 Å². The molecule has 50 valence electrons. The quantitative estimate of drug-likeness (QED) is 0.377. The van der Waals surface area contributed by atoms with Crippen LogP contribution in [0, 0.1) is 0 Å². The minimum Gasteiger partial charge on any atom is -1.00 e. The van der Waals surface area contributed by atoms with Gasteiger partial charge >= 0.3 is 0 Å². The molecule has 8 heavy (non-hydrogen) atoms. The molecule has 0 bridgehead atoms. The lowest BCUT2D eigenvalue weighted by Crippen LogP contribution is -3.00. The van der Waals surface area contributed by atoms with Crippen LogP contribution in [0.2, 0.25) is 0 Å². The third-order valence-electron chi connectivity index (χ3n) is 0.473. The van der Waals surface area contributed by atoms with Gasteiger partial charge in [-0.15, -0.1) is 0 Å². The Morgan fingerprint density at radius 1 is 1.88 bits per heavy atom. The van der Waals surface area contributed by atoms with E-state index in [1.165, 1.54) is 7.11 Å². The molecule has 5 heteroatoms. The zero-order chi connectivity index (χ0) is 5.70. The van der Waals surface area contributed by atoms with Crippen molar-refractivity contribution in [3.8, 4) is 0 Å². The first-order valence-electron chi connectivity index (χ1n) is 1.86. The number of nitrogens with one attached hydrogen (secondary N) is 1. The van der Waals surface area contributed by atoms with Gasteiger partial charge in [0.15, 0.2) is 0 Å². The molecule has 0 atom stereocenters. The zero-order valence-electron chi connectivity index (χ0n) is 4.61. The van der Waals surface area contributed by atoms with E-state index in [-0.39, 0.29) is 24.9 Å². The van der Waals surface area contributed by atoms with Gasteiger partial charge in [0.25, 0.3) is 5.91 Å². The topological polar surface area (TPSA) is 66.0 Å². The number of methoxy groups -OCH3 is 1. The highest BCUT2D eigenvalue weighted by atomic mass is 35.5. The van der Waals surface area contributed by atoms with Gasteiger partial charge in [0.1, 0.15) is 6.61 Å². The summed E-state index contributed by atoms with van der Waals surface area (Å²) in [4.78, 5) is 10.1. The van der Waals surface area contributed by atoms with Crippen LogP contribution in [0.25, 0.3) is 0 Å². The summed E-state index contributed by atoms with van der Waals surface area (Å²) in [7, 11) is 1.45. The summed E-state index contributed by atoms with van der Waals surface area (Å²) in [6, 6.07) is 0. The molecule has 0 unspecified atom stereocenters. The molecule has 0 fully saturated rings. The molecule has 0 saturated carbocycles. The number of quaternary nitrogens is 1. The summed E-state index contributed by atoms with van der Waals surface area (Å²) in [5.74, 6) is 2.92. The summed E-state index contributed by atoms with van der Waals surface area (Å²) in [6.07, 6.45) is 0. The van der Waals surface area contributed by atoms with Crippen molar-refractivity contribution in [1.82, 2.24) is 5.43 Å². The first kappa shape index (κ1) is 10.6. The average molecular weight is 141 g/mol. The van der Waals surface area contributed by atoms with E-state index >= 15 is 0 Å². The lowest BCUT2D eigenvalue weighted by Gasteiger charge is -1.90. The van der Waals surface area contributed by atoms with Gasteiger partial charge in [-0.1, -0.05) is 0 Å². The highest BCUT2D eigenvalue weighted by molar-refractivity contribution is 5.75. The molecular weight excluding hydrogens is 131 g/mol. The summed E-state index contributed by atoms with van der Waals surface area (Å²) >= 11 is 0. The number of rotatable bonds is 2. The van der Waals surface area contributed by atoms with Gasteiger partial charge in [-0.2, -0.15) is 0 Å². The second kappa shape index (κ2) is 6.68. The Morgan fingerprint density at radius 3 is 2.50 bits per heavy atom. The minimum absolute atomic E-state index is 0. The molecule has 0 saturated heterocycles. The molecular formula is C3H9ClN2O2. The van der Waals surface area contributed by atoms with E-state index in [1.807, 2.05) is 0 Å². The number of amides is 1. The number of halogens is 1. The van der Waals surface area contributed by atoms with Crippen LogP contribution in [0.5, 0.6) is 0 Å². The van der Waals surface area contributed by atoms with Crippen LogP contribution in [0.4, 0.5) is 0 Å². The molecule has 0 radical (unpaired) electrons. The normalized spacial score (nSPS) is 7.25. The Hall–Kier alpha value is -0.320. The Bertz CT molecular complexity index is 68.3. The van der Waals surface area contributed by atoms with Gasteiger partial charge in [-0.05, 0) is 0 Å². The number of ether oxygens (including phenoxy) is 1. The standard InChI is InChI=1S/C3H8N2O2.ClH/c1-7-2-3(6)5-4;/h2,4H2,1H3,(H,5,6);1H. The number of hydrogen-bond donors (Lipinski definition) is 2. The first-order valence-corrected chi connectivity index (χ1v) is 1.86. The molecule has 0 aromatic heterocycles. The smallest absolute Gasteiger partial charge is 0.290 e. The van der Waals surface area contributed by atoms with E-state index in [2.05, 4.69) is 16.0 Å². The molecule has 0 aromatic carbocycles. The first-order chi connectivity index (χ1) is 3.31. The maximum absolute atomic E-state index is 10.1. The summed E-state index contributed by atoms with van der Waals surface area (Å²) in [5, 5.41) is 0. The summed E-state index contributed by atoms with van der Waals surface area (Å²) in [5.41, 5.74) is 2.15. The number of carbonyl (C=O) groups excluding carboxylic acids is 1. The second-order valence-corrected chi connectivity index (χ2v) is 1.03. The molecule has 0 aliphatic carbocycles. The van der Waals surface area contributed by atoms with Crippen molar-refractivity contribution in [3.63, 3.8) is 0 Å². The van der Waals surface area contributed by atoms with Crippen molar-refractivity contribution in [2.45, 2.75) is 0 Å². The summed E-state index contributed by atoms with van der Waals surface area (Å²) < 4.78 is 4.44. The van der Waals surface area contributed by atoms with E-state index < -0.39 is 0 Å². The predicted molar refractivity (Wildman–Crippen MR) is 22.9 cm³/mol. The average Bonchev–Trinajstić information content (AvgIpc) is 1.68.